The molecule has 1 atom stereocenters. The summed E-state index contributed by atoms with van der Waals surface area (Å²) in [5.74, 6) is -0.812. The number of anilines is 1. The molecule has 1 amide bonds. The molecule has 0 aliphatic carbocycles. The Labute approximate surface area is 128 Å². The van der Waals surface area contributed by atoms with Crippen LogP contribution in [0.4, 0.5) is 14.5 Å². The minimum atomic E-state index is -0.343. The number of carbonyl (C=O) groups excluding carboxylic acids is 1. The van der Waals surface area contributed by atoms with E-state index in [0.717, 1.165) is 10.5 Å². The van der Waals surface area contributed by atoms with Crippen LogP contribution >= 0.6 is 0 Å². The second-order valence-electron chi connectivity index (χ2n) is 5.45. The number of rotatable bonds is 5. The molecule has 22 heavy (non-hydrogen) atoms. The van der Waals surface area contributed by atoms with E-state index in [9.17, 15) is 13.6 Å². The molecule has 2 aromatic rings. The molecule has 1 unspecified atom stereocenters. The molecular formula is C17H19F2N2O+. The summed E-state index contributed by atoms with van der Waals surface area (Å²) >= 11 is 0. The summed E-state index contributed by atoms with van der Waals surface area (Å²) in [6.45, 7) is 2.52. The number of aryl methyl sites for hydroxylation is 1. The van der Waals surface area contributed by atoms with Crippen LogP contribution in [0.3, 0.4) is 0 Å². The Hall–Kier alpha value is -2.27. The number of amides is 1. The first-order valence-electron chi connectivity index (χ1n) is 7.06. The predicted molar refractivity (Wildman–Crippen MR) is 81.6 cm³/mol. The highest BCUT2D eigenvalue weighted by Crippen LogP contribution is 2.13. The molecule has 0 heterocycles. The van der Waals surface area contributed by atoms with Crippen LogP contribution in [0, 0.1) is 18.6 Å². The van der Waals surface area contributed by atoms with E-state index >= 15 is 0 Å². The van der Waals surface area contributed by atoms with Gasteiger partial charge in [0.2, 0.25) is 0 Å². The number of likely N-dealkylation sites (N-methyl/N-ethyl adjacent to an activating group) is 1. The lowest BCUT2D eigenvalue weighted by molar-refractivity contribution is -0.885. The lowest BCUT2D eigenvalue weighted by Crippen LogP contribution is -3.08. The Bertz CT molecular complexity index is 656. The highest BCUT2D eigenvalue weighted by Gasteiger charge is 2.11. The highest BCUT2D eigenvalue weighted by molar-refractivity contribution is 5.91. The SMILES string of the molecule is Cc1ccc(NC(=O)C[NH+](C)Cc2ccc(F)cc2)cc1F. The number of halogens is 2. The van der Waals surface area contributed by atoms with Gasteiger partial charge in [0, 0.05) is 11.3 Å². The minimum Gasteiger partial charge on any atom is -0.326 e. The average molecular weight is 305 g/mol. The predicted octanol–water partition coefficient (Wildman–Crippen LogP) is 1.93. The summed E-state index contributed by atoms with van der Waals surface area (Å²) in [6, 6.07) is 10.8. The highest BCUT2D eigenvalue weighted by atomic mass is 19.1. The third-order valence-corrected chi connectivity index (χ3v) is 3.34. The van der Waals surface area contributed by atoms with Crippen molar-refractivity contribution < 1.29 is 18.5 Å². The summed E-state index contributed by atoms with van der Waals surface area (Å²) in [5.41, 5.74) is 1.94. The second-order valence-corrected chi connectivity index (χ2v) is 5.45. The van der Waals surface area contributed by atoms with Crippen LogP contribution in [-0.2, 0) is 11.3 Å². The zero-order chi connectivity index (χ0) is 16.1. The van der Waals surface area contributed by atoms with Crippen LogP contribution < -0.4 is 10.2 Å². The second kappa shape index (κ2) is 7.13. The average Bonchev–Trinajstić information content (AvgIpc) is 2.45. The quantitative estimate of drug-likeness (QED) is 0.869. The Morgan fingerprint density at radius 1 is 1.14 bits per heavy atom. The van der Waals surface area contributed by atoms with Crippen molar-refractivity contribution in [1.29, 1.82) is 0 Å². The Morgan fingerprint density at radius 2 is 1.82 bits per heavy atom. The first-order valence-corrected chi connectivity index (χ1v) is 7.06. The molecule has 0 saturated carbocycles. The summed E-state index contributed by atoms with van der Waals surface area (Å²) in [4.78, 5) is 12.9. The van der Waals surface area contributed by atoms with Crippen molar-refractivity contribution in [2.45, 2.75) is 13.5 Å². The van der Waals surface area contributed by atoms with E-state index in [2.05, 4.69) is 5.32 Å². The van der Waals surface area contributed by atoms with Gasteiger partial charge in [0.15, 0.2) is 6.54 Å². The van der Waals surface area contributed by atoms with Gasteiger partial charge in [0.1, 0.15) is 18.2 Å². The van der Waals surface area contributed by atoms with Crippen LogP contribution in [0.5, 0.6) is 0 Å². The molecule has 0 aliphatic rings. The molecule has 0 spiro atoms. The van der Waals surface area contributed by atoms with Gasteiger partial charge in [0.05, 0.1) is 7.05 Å². The first-order chi connectivity index (χ1) is 10.4. The summed E-state index contributed by atoms with van der Waals surface area (Å²) in [7, 11) is 1.87. The number of carbonyl (C=O) groups is 1. The maximum absolute atomic E-state index is 13.4. The lowest BCUT2D eigenvalue weighted by Gasteiger charge is -2.14. The van der Waals surface area contributed by atoms with Gasteiger partial charge in [-0.1, -0.05) is 18.2 Å². The molecule has 116 valence electrons. The first kappa shape index (κ1) is 16.1. The lowest BCUT2D eigenvalue weighted by atomic mass is 10.2. The maximum atomic E-state index is 13.4. The molecule has 2 rings (SSSR count). The van der Waals surface area contributed by atoms with Gasteiger partial charge in [0.25, 0.3) is 5.91 Å². The van der Waals surface area contributed by atoms with Crippen molar-refractivity contribution in [2.24, 2.45) is 0 Å². The molecule has 0 bridgehead atoms. The van der Waals surface area contributed by atoms with Crippen LogP contribution in [0.2, 0.25) is 0 Å². The molecule has 0 fully saturated rings. The standard InChI is InChI=1S/C17H18F2N2O/c1-12-3-8-15(9-16(12)19)20-17(22)11-21(2)10-13-4-6-14(18)7-5-13/h3-9H,10-11H2,1-2H3,(H,20,22)/p+1. The number of benzene rings is 2. The number of hydrogen-bond acceptors (Lipinski definition) is 1. The summed E-state index contributed by atoms with van der Waals surface area (Å²) < 4.78 is 26.3. The van der Waals surface area contributed by atoms with E-state index in [1.807, 2.05) is 7.05 Å². The zero-order valence-corrected chi connectivity index (χ0v) is 12.6. The zero-order valence-electron chi connectivity index (χ0n) is 12.6. The fourth-order valence-corrected chi connectivity index (χ4v) is 2.16. The molecular weight excluding hydrogens is 286 g/mol. The van der Waals surface area contributed by atoms with E-state index < -0.39 is 0 Å². The fraction of sp³-hybridized carbons (Fsp3) is 0.235. The van der Waals surface area contributed by atoms with E-state index in [1.165, 1.54) is 18.2 Å². The Kier molecular flexibility index (Phi) is 5.22. The monoisotopic (exact) mass is 305 g/mol. The normalized spacial score (nSPS) is 12.0. The van der Waals surface area contributed by atoms with Crippen molar-refractivity contribution in [3.63, 3.8) is 0 Å². The van der Waals surface area contributed by atoms with Crippen molar-refractivity contribution >= 4 is 11.6 Å². The van der Waals surface area contributed by atoms with Gasteiger partial charge in [-0.2, -0.15) is 0 Å². The van der Waals surface area contributed by atoms with Gasteiger partial charge in [-0.25, -0.2) is 8.78 Å². The largest absolute Gasteiger partial charge is 0.326 e. The fourth-order valence-electron chi connectivity index (χ4n) is 2.16. The molecule has 2 N–H and O–H groups in total. The molecule has 2 aromatic carbocycles. The van der Waals surface area contributed by atoms with Gasteiger partial charge in [-0.15, -0.1) is 0 Å². The third kappa shape index (κ3) is 4.63. The molecule has 0 aliphatic heterocycles. The van der Waals surface area contributed by atoms with Crippen molar-refractivity contribution in [3.8, 4) is 0 Å². The third-order valence-electron chi connectivity index (χ3n) is 3.34. The summed E-state index contributed by atoms with van der Waals surface area (Å²) in [5, 5.41) is 2.68. The van der Waals surface area contributed by atoms with E-state index in [4.69, 9.17) is 0 Å². The van der Waals surface area contributed by atoms with Crippen LogP contribution in [-0.4, -0.2) is 19.5 Å². The molecule has 0 saturated heterocycles. The number of nitrogens with one attached hydrogen (secondary N) is 2. The topological polar surface area (TPSA) is 33.5 Å². The van der Waals surface area contributed by atoms with Crippen molar-refractivity contribution in [2.75, 3.05) is 18.9 Å². The Balaban J connectivity index is 1.88. The number of quaternary nitrogens is 1. The van der Waals surface area contributed by atoms with Crippen LogP contribution in [0.25, 0.3) is 0 Å². The molecule has 0 radical (unpaired) electrons. The summed E-state index contributed by atoms with van der Waals surface area (Å²) in [6.07, 6.45) is 0. The Morgan fingerprint density at radius 3 is 2.45 bits per heavy atom. The minimum absolute atomic E-state index is 0.192. The van der Waals surface area contributed by atoms with Gasteiger partial charge in [-0.05, 0) is 36.8 Å². The smallest absolute Gasteiger partial charge is 0.279 e. The van der Waals surface area contributed by atoms with E-state index in [-0.39, 0.29) is 24.1 Å². The van der Waals surface area contributed by atoms with Gasteiger partial charge >= 0.3 is 0 Å². The van der Waals surface area contributed by atoms with E-state index in [1.54, 1.807) is 31.2 Å². The number of hydrogen-bond donors (Lipinski definition) is 2. The van der Waals surface area contributed by atoms with Crippen LogP contribution in [0.15, 0.2) is 42.5 Å². The molecule has 5 heteroatoms. The molecule has 0 aromatic heterocycles. The maximum Gasteiger partial charge on any atom is 0.279 e. The van der Waals surface area contributed by atoms with Crippen molar-refractivity contribution in [3.05, 3.63) is 65.2 Å². The van der Waals surface area contributed by atoms with Gasteiger partial charge in [-0.3, -0.25) is 4.79 Å². The van der Waals surface area contributed by atoms with Crippen LogP contribution in [0.1, 0.15) is 11.1 Å². The molecule has 3 nitrogen and oxygen atoms in total. The van der Waals surface area contributed by atoms with Crippen molar-refractivity contribution in [1.82, 2.24) is 0 Å². The van der Waals surface area contributed by atoms with E-state index in [0.29, 0.717) is 17.8 Å². The van der Waals surface area contributed by atoms with Gasteiger partial charge < -0.3 is 10.2 Å².